The number of likely N-dealkylation sites (tertiary alicyclic amines) is 1. The van der Waals surface area contributed by atoms with Crippen LogP contribution in [0.3, 0.4) is 0 Å². The third-order valence-electron chi connectivity index (χ3n) is 3.99. The lowest BCUT2D eigenvalue weighted by Gasteiger charge is -2.33. The van der Waals surface area contributed by atoms with E-state index in [0.29, 0.717) is 30.1 Å². The Labute approximate surface area is 125 Å². The summed E-state index contributed by atoms with van der Waals surface area (Å²) in [6.07, 6.45) is 1.86. The van der Waals surface area contributed by atoms with Gasteiger partial charge in [-0.25, -0.2) is 4.39 Å². The maximum atomic E-state index is 13.5. The van der Waals surface area contributed by atoms with Crippen molar-refractivity contribution in [2.75, 3.05) is 13.1 Å². The highest BCUT2D eigenvalue weighted by Gasteiger charge is 2.25. The van der Waals surface area contributed by atoms with E-state index in [1.165, 1.54) is 6.07 Å². The van der Waals surface area contributed by atoms with Crippen LogP contribution < -0.4 is 5.73 Å². The number of nitrogens with zero attached hydrogens (tertiary/aromatic N) is 1. The van der Waals surface area contributed by atoms with E-state index in [2.05, 4.69) is 0 Å². The van der Waals surface area contributed by atoms with Gasteiger partial charge in [-0.1, -0.05) is 6.07 Å². The summed E-state index contributed by atoms with van der Waals surface area (Å²) in [5.41, 5.74) is 6.88. The average Bonchev–Trinajstić information content (AvgIpc) is 2.41. The Morgan fingerprint density at radius 2 is 2.00 bits per heavy atom. The van der Waals surface area contributed by atoms with Gasteiger partial charge in [0.25, 0.3) is 5.91 Å². The van der Waals surface area contributed by atoms with Crippen molar-refractivity contribution < 1.29 is 9.18 Å². The van der Waals surface area contributed by atoms with Gasteiger partial charge in [0.1, 0.15) is 5.82 Å². The largest absolute Gasteiger partial charge is 0.339 e. The molecule has 1 amide bonds. The summed E-state index contributed by atoms with van der Waals surface area (Å²) in [5, 5.41) is 0. The predicted octanol–water partition coefficient (Wildman–Crippen LogP) is 2.76. The number of hydrogen-bond donors (Lipinski definition) is 1. The van der Waals surface area contributed by atoms with Crippen molar-refractivity contribution >= 4 is 18.3 Å². The highest BCUT2D eigenvalue weighted by molar-refractivity contribution is 5.94. The van der Waals surface area contributed by atoms with Crippen LogP contribution in [0.1, 0.15) is 35.7 Å². The van der Waals surface area contributed by atoms with E-state index < -0.39 is 0 Å². The highest BCUT2D eigenvalue weighted by atomic mass is 35.5. The second kappa shape index (κ2) is 7.04. The Balaban J connectivity index is 0.00000200. The first-order chi connectivity index (χ1) is 8.99. The molecule has 1 unspecified atom stereocenters. The van der Waals surface area contributed by atoms with Crippen LogP contribution in [0.5, 0.6) is 0 Å². The molecule has 5 heteroatoms. The first-order valence-corrected chi connectivity index (χ1v) is 6.80. The summed E-state index contributed by atoms with van der Waals surface area (Å²) in [6.45, 7) is 5.12. The van der Waals surface area contributed by atoms with Crippen LogP contribution in [0.2, 0.25) is 0 Å². The molecule has 1 aromatic rings. The molecule has 2 N–H and O–H groups in total. The first kappa shape index (κ1) is 16.9. The van der Waals surface area contributed by atoms with Crippen LogP contribution in [-0.4, -0.2) is 29.9 Å². The van der Waals surface area contributed by atoms with Crippen molar-refractivity contribution in [3.63, 3.8) is 0 Å². The maximum absolute atomic E-state index is 13.5. The number of rotatable bonds is 2. The number of halogens is 2. The van der Waals surface area contributed by atoms with Crippen LogP contribution in [0.25, 0.3) is 0 Å². The molecule has 1 atom stereocenters. The SMILES string of the molecule is Cc1ccc(C(=O)N2CCC(C(C)N)CC2)cc1F.Cl. The van der Waals surface area contributed by atoms with E-state index in [-0.39, 0.29) is 30.2 Å². The topological polar surface area (TPSA) is 46.3 Å². The standard InChI is InChI=1S/C15H21FN2O.ClH/c1-10-3-4-13(9-14(10)16)15(19)18-7-5-12(6-8-18)11(2)17;/h3-4,9,11-12H,5-8,17H2,1-2H3;1H. The van der Waals surface area contributed by atoms with Gasteiger partial charge in [-0.15, -0.1) is 12.4 Å². The molecule has 112 valence electrons. The molecule has 1 heterocycles. The Morgan fingerprint density at radius 3 is 2.50 bits per heavy atom. The Kier molecular flexibility index (Phi) is 5.96. The molecule has 20 heavy (non-hydrogen) atoms. The smallest absolute Gasteiger partial charge is 0.253 e. The van der Waals surface area contributed by atoms with Crippen molar-refractivity contribution in [1.29, 1.82) is 0 Å². The molecule has 0 bridgehead atoms. The molecular formula is C15H22ClFN2O. The number of piperidine rings is 1. The Bertz CT molecular complexity index is 471. The lowest BCUT2D eigenvalue weighted by atomic mass is 9.90. The van der Waals surface area contributed by atoms with Gasteiger partial charge in [-0.2, -0.15) is 0 Å². The molecule has 1 aromatic carbocycles. The molecule has 0 aliphatic carbocycles. The summed E-state index contributed by atoms with van der Waals surface area (Å²) in [6, 6.07) is 4.85. The van der Waals surface area contributed by atoms with E-state index in [0.717, 1.165) is 12.8 Å². The van der Waals surface area contributed by atoms with Crippen LogP contribution in [0.15, 0.2) is 18.2 Å². The fourth-order valence-electron chi connectivity index (χ4n) is 2.54. The summed E-state index contributed by atoms with van der Waals surface area (Å²) >= 11 is 0. The van der Waals surface area contributed by atoms with Crippen molar-refractivity contribution in [1.82, 2.24) is 4.90 Å². The van der Waals surface area contributed by atoms with E-state index in [1.807, 2.05) is 6.92 Å². The van der Waals surface area contributed by atoms with Crippen LogP contribution in [0.4, 0.5) is 4.39 Å². The summed E-state index contributed by atoms with van der Waals surface area (Å²) < 4.78 is 13.5. The van der Waals surface area contributed by atoms with Crippen LogP contribution in [0, 0.1) is 18.7 Å². The zero-order valence-electron chi connectivity index (χ0n) is 11.9. The van der Waals surface area contributed by atoms with Gasteiger partial charge in [0.05, 0.1) is 0 Å². The minimum atomic E-state index is -0.323. The van der Waals surface area contributed by atoms with E-state index in [4.69, 9.17) is 5.73 Å². The summed E-state index contributed by atoms with van der Waals surface area (Å²) in [5.74, 6) is 0.0807. The zero-order valence-corrected chi connectivity index (χ0v) is 12.8. The normalized spacial score (nSPS) is 17.5. The van der Waals surface area contributed by atoms with Gasteiger partial charge >= 0.3 is 0 Å². The lowest BCUT2D eigenvalue weighted by molar-refractivity contribution is 0.0680. The minimum Gasteiger partial charge on any atom is -0.339 e. The number of benzene rings is 1. The second-order valence-electron chi connectivity index (χ2n) is 5.45. The fourth-order valence-corrected chi connectivity index (χ4v) is 2.54. The molecule has 0 spiro atoms. The van der Waals surface area contributed by atoms with Gasteiger partial charge in [0.2, 0.25) is 0 Å². The minimum absolute atomic E-state index is 0. The van der Waals surface area contributed by atoms with Gasteiger partial charge in [0.15, 0.2) is 0 Å². The first-order valence-electron chi connectivity index (χ1n) is 6.80. The molecule has 1 aliphatic heterocycles. The second-order valence-corrected chi connectivity index (χ2v) is 5.45. The molecule has 0 saturated carbocycles. The maximum Gasteiger partial charge on any atom is 0.253 e. The Morgan fingerprint density at radius 1 is 1.40 bits per heavy atom. The van der Waals surface area contributed by atoms with Gasteiger partial charge < -0.3 is 10.6 Å². The van der Waals surface area contributed by atoms with E-state index in [9.17, 15) is 9.18 Å². The number of hydrogen-bond acceptors (Lipinski definition) is 2. The van der Waals surface area contributed by atoms with Gasteiger partial charge in [0, 0.05) is 24.7 Å². The molecular weight excluding hydrogens is 279 g/mol. The van der Waals surface area contributed by atoms with Crippen molar-refractivity contribution in [2.45, 2.75) is 32.7 Å². The lowest BCUT2D eigenvalue weighted by Crippen LogP contribution is -2.42. The molecule has 1 aliphatic rings. The molecule has 1 saturated heterocycles. The van der Waals surface area contributed by atoms with Crippen molar-refractivity contribution in [3.05, 3.63) is 35.1 Å². The van der Waals surface area contributed by atoms with Crippen molar-refractivity contribution in [2.24, 2.45) is 11.7 Å². The zero-order chi connectivity index (χ0) is 14.0. The fraction of sp³-hybridized carbons (Fsp3) is 0.533. The number of carbonyl (C=O) groups is 1. The van der Waals surface area contributed by atoms with Crippen molar-refractivity contribution in [3.8, 4) is 0 Å². The number of nitrogens with two attached hydrogens (primary N) is 1. The predicted molar refractivity (Wildman–Crippen MR) is 80.7 cm³/mol. The molecule has 0 aromatic heterocycles. The van der Waals surface area contributed by atoms with Gasteiger partial charge in [-0.3, -0.25) is 4.79 Å². The summed E-state index contributed by atoms with van der Waals surface area (Å²) in [4.78, 5) is 14.1. The molecule has 2 rings (SSSR count). The van der Waals surface area contributed by atoms with Crippen LogP contribution in [-0.2, 0) is 0 Å². The monoisotopic (exact) mass is 300 g/mol. The van der Waals surface area contributed by atoms with Crippen LogP contribution >= 0.6 is 12.4 Å². The highest BCUT2D eigenvalue weighted by Crippen LogP contribution is 2.21. The third-order valence-corrected chi connectivity index (χ3v) is 3.99. The number of amides is 1. The number of aryl methyl sites for hydroxylation is 1. The molecule has 0 radical (unpaired) electrons. The van der Waals surface area contributed by atoms with E-state index >= 15 is 0 Å². The number of carbonyl (C=O) groups excluding carboxylic acids is 1. The Hall–Kier alpha value is -1.13. The van der Waals surface area contributed by atoms with E-state index in [1.54, 1.807) is 24.0 Å². The molecule has 3 nitrogen and oxygen atoms in total. The third kappa shape index (κ3) is 3.70. The average molecular weight is 301 g/mol. The van der Waals surface area contributed by atoms with Gasteiger partial charge in [-0.05, 0) is 50.3 Å². The molecule has 1 fully saturated rings. The summed E-state index contributed by atoms with van der Waals surface area (Å²) in [7, 11) is 0. The quantitative estimate of drug-likeness (QED) is 0.913.